The van der Waals surface area contributed by atoms with Crippen molar-refractivity contribution in [3.63, 3.8) is 0 Å². The Kier molecular flexibility index (Phi) is 4.28. The van der Waals surface area contributed by atoms with Crippen LogP contribution in [0.2, 0.25) is 0 Å². The Morgan fingerprint density at radius 3 is 2.30 bits per heavy atom. The van der Waals surface area contributed by atoms with E-state index in [4.69, 9.17) is 4.74 Å². The quantitative estimate of drug-likeness (QED) is 0.877. The van der Waals surface area contributed by atoms with Crippen molar-refractivity contribution in [2.45, 2.75) is 26.8 Å². The fourth-order valence-electron chi connectivity index (χ4n) is 2.34. The number of ether oxygens (including phenoxy) is 1. The van der Waals surface area contributed by atoms with Crippen molar-refractivity contribution in [1.29, 1.82) is 0 Å². The Bertz CT molecular complexity index is 590. The second kappa shape index (κ2) is 5.95. The number of rotatable bonds is 4. The minimum absolute atomic E-state index is 0.0747. The van der Waals surface area contributed by atoms with Gasteiger partial charge in [0.05, 0.1) is 7.11 Å². The molecule has 0 saturated carbocycles. The smallest absolute Gasteiger partial charge is 0.165 e. The molecule has 106 valence electrons. The number of anilines is 1. The zero-order valence-corrected chi connectivity index (χ0v) is 12.3. The lowest BCUT2D eigenvalue weighted by Gasteiger charge is -2.17. The fourth-order valence-corrected chi connectivity index (χ4v) is 2.34. The summed E-state index contributed by atoms with van der Waals surface area (Å²) in [6, 6.07) is 11.4. The van der Waals surface area contributed by atoms with Crippen LogP contribution in [0.5, 0.6) is 5.75 Å². The highest BCUT2D eigenvalue weighted by atomic mass is 19.1. The second-order valence-corrected chi connectivity index (χ2v) is 5.14. The van der Waals surface area contributed by atoms with Crippen molar-refractivity contribution in [2.24, 2.45) is 0 Å². The Morgan fingerprint density at radius 1 is 1.05 bits per heavy atom. The lowest BCUT2D eigenvalue weighted by atomic mass is 10.1. The molecule has 0 fully saturated rings. The van der Waals surface area contributed by atoms with Gasteiger partial charge in [-0.25, -0.2) is 4.39 Å². The average molecular weight is 273 g/mol. The molecule has 1 N–H and O–H groups in total. The SMILES string of the molecule is COc1cc(C(C)Nc2cc(C)cc(C)c2)ccc1F. The summed E-state index contributed by atoms with van der Waals surface area (Å²) in [6.07, 6.45) is 0. The lowest BCUT2D eigenvalue weighted by molar-refractivity contribution is 0.385. The molecule has 1 atom stereocenters. The maximum atomic E-state index is 13.4. The highest BCUT2D eigenvalue weighted by molar-refractivity contribution is 5.50. The van der Waals surface area contributed by atoms with E-state index in [0.29, 0.717) is 0 Å². The van der Waals surface area contributed by atoms with Crippen molar-refractivity contribution in [3.05, 3.63) is 58.9 Å². The standard InChI is InChI=1S/C17H20FNO/c1-11-7-12(2)9-15(8-11)19-13(3)14-5-6-16(18)17(10-14)20-4/h5-10,13,19H,1-4H3. The van der Waals surface area contributed by atoms with Crippen LogP contribution in [0.3, 0.4) is 0 Å². The minimum atomic E-state index is -0.338. The molecular weight excluding hydrogens is 253 g/mol. The van der Waals surface area contributed by atoms with Gasteiger partial charge in [-0.15, -0.1) is 0 Å². The van der Waals surface area contributed by atoms with E-state index in [1.54, 1.807) is 12.1 Å². The summed E-state index contributed by atoms with van der Waals surface area (Å²) >= 11 is 0. The Balaban J connectivity index is 2.21. The molecule has 0 saturated heterocycles. The first-order valence-electron chi connectivity index (χ1n) is 6.68. The monoisotopic (exact) mass is 273 g/mol. The first-order valence-corrected chi connectivity index (χ1v) is 6.68. The van der Waals surface area contributed by atoms with E-state index >= 15 is 0 Å². The van der Waals surface area contributed by atoms with E-state index in [-0.39, 0.29) is 17.6 Å². The number of benzene rings is 2. The van der Waals surface area contributed by atoms with Gasteiger partial charge in [-0.1, -0.05) is 12.1 Å². The van der Waals surface area contributed by atoms with Gasteiger partial charge in [0, 0.05) is 11.7 Å². The third-order valence-electron chi connectivity index (χ3n) is 3.28. The van der Waals surface area contributed by atoms with E-state index in [0.717, 1.165) is 11.3 Å². The largest absolute Gasteiger partial charge is 0.494 e. The topological polar surface area (TPSA) is 21.3 Å². The molecule has 0 spiro atoms. The molecule has 0 heterocycles. The van der Waals surface area contributed by atoms with E-state index < -0.39 is 0 Å². The summed E-state index contributed by atoms with van der Waals surface area (Å²) in [5, 5.41) is 3.43. The summed E-state index contributed by atoms with van der Waals surface area (Å²) in [7, 11) is 1.48. The third-order valence-corrected chi connectivity index (χ3v) is 3.28. The van der Waals surface area contributed by atoms with Crippen molar-refractivity contribution in [1.82, 2.24) is 0 Å². The molecule has 2 aromatic rings. The predicted molar refractivity (Wildman–Crippen MR) is 80.9 cm³/mol. The summed E-state index contributed by atoms with van der Waals surface area (Å²) in [4.78, 5) is 0. The highest BCUT2D eigenvalue weighted by Crippen LogP contribution is 2.25. The van der Waals surface area contributed by atoms with Crippen LogP contribution in [0.25, 0.3) is 0 Å². The van der Waals surface area contributed by atoms with Crippen LogP contribution in [0, 0.1) is 19.7 Å². The van der Waals surface area contributed by atoms with Crippen LogP contribution in [-0.2, 0) is 0 Å². The normalized spacial score (nSPS) is 12.1. The molecule has 2 aromatic carbocycles. The maximum Gasteiger partial charge on any atom is 0.165 e. The van der Waals surface area contributed by atoms with Crippen LogP contribution in [0.15, 0.2) is 36.4 Å². The van der Waals surface area contributed by atoms with Gasteiger partial charge in [0.1, 0.15) is 0 Å². The molecule has 1 unspecified atom stereocenters. The molecule has 3 heteroatoms. The van der Waals surface area contributed by atoms with Gasteiger partial charge in [0.2, 0.25) is 0 Å². The molecule has 0 aliphatic rings. The van der Waals surface area contributed by atoms with Gasteiger partial charge < -0.3 is 10.1 Å². The molecule has 2 nitrogen and oxygen atoms in total. The van der Waals surface area contributed by atoms with Gasteiger partial charge >= 0.3 is 0 Å². The van der Waals surface area contributed by atoms with Gasteiger partial charge in [0.15, 0.2) is 11.6 Å². The van der Waals surface area contributed by atoms with Crippen molar-refractivity contribution in [2.75, 3.05) is 12.4 Å². The average Bonchev–Trinajstić information content (AvgIpc) is 2.37. The fraction of sp³-hybridized carbons (Fsp3) is 0.294. The first kappa shape index (κ1) is 14.4. The first-order chi connectivity index (χ1) is 9.49. The number of hydrogen-bond donors (Lipinski definition) is 1. The van der Waals surface area contributed by atoms with Crippen LogP contribution in [0.1, 0.15) is 29.7 Å². The number of hydrogen-bond acceptors (Lipinski definition) is 2. The second-order valence-electron chi connectivity index (χ2n) is 5.14. The number of methoxy groups -OCH3 is 1. The van der Waals surface area contributed by atoms with Crippen LogP contribution >= 0.6 is 0 Å². The van der Waals surface area contributed by atoms with Gasteiger partial charge in [-0.2, -0.15) is 0 Å². The van der Waals surface area contributed by atoms with Gasteiger partial charge in [-0.05, 0) is 61.7 Å². The number of nitrogens with one attached hydrogen (secondary N) is 1. The summed E-state index contributed by atoms with van der Waals surface area (Å²) in [6.45, 7) is 6.19. The molecule has 0 bridgehead atoms. The maximum absolute atomic E-state index is 13.4. The number of halogens is 1. The van der Waals surface area contributed by atoms with Crippen LogP contribution < -0.4 is 10.1 Å². The molecule has 20 heavy (non-hydrogen) atoms. The van der Waals surface area contributed by atoms with E-state index in [2.05, 4.69) is 37.4 Å². The lowest BCUT2D eigenvalue weighted by Crippen LogP contribution is -2.07. The predicted octanol–water partition coefficient (Wildman–Crippen LogP) is 4.62. The van der Waals surface area contributed by atoms with E-state index in [1.807, 2.05) is 6.92 Å². The van der Waals surface area contributed by atoms with Gasteiger partial charge in [-0.3, -0.25) is 0 Å². The Morgan fingerprint density at radius 2 is 1.70 bits per heavy atom. The highest BCUT2D eigenvalue weighted by Gasteiger charge is 2.10. The number of aryl methyl sites for hydroxylation is 2. The Hall–Kier alpha value is -2.03. The molecule has 0 aromatic heterocycles. The van der Waals surface area contributed by atoms with Gasteiger partial charge in [0.25, 0.3) is 0 Å². The van der Waals surface area contributed by atoms with Crippen molar-refractivity contribution in [3.8, 4) is 5.75 Å². The molecule has 0 aliphatic carbocycles. The third kappa shape index (κ3) is 3.29. The van der Waals surface area contributed by atoms with E-state index in [9.17, 15) is 4.39 Å². The van der Waals surface area contributed by atoms with Crippen LogP contribution in [-0.4, -0.2) is 7.11 Å². The van der Waals surface area contributed by atoms with Crippen LogP contribution in [0.4, 0.5) is 10.1 Å². The summed E-state index contributed by atoms with van der Waals surface area (Å²) < 4.78 is 18.4. The molecule has 0 radical (unpaired) electrons. The van der Waals surface area contributed by atoms with Crippen molar-refractivity contribution < 1.29 is 9.13 Å². The zero-order chi connectivity index (χ0) is 14.7. The Labute approximate surface area is 119 Å². The molecule has 2 rings (SSSR count). The summed E-state index contributed by atoms with van der Waals surface area (Å²) in [5.74, 6) is -0.0635. The minimum Gasteiger partial charge on any atom is -0.494 e. The molecule has 0 aliphatic heterocycles. The van der Waals surface area contributed by atoms with E-state index in [1.165, 1.54) is 24.3 Å². The molecule has 0 amide bonds. The zero-order valence-electron chi connectivity index (χ0n) is 12.3. The molecular formula is C17H20FNO. The van der Waals surface area contributed by atoms with Crippen molar-refractivity contribution >= 4 is 5.69 Å². The summed E-state index contributed by atoms with van der Waals surface area (Å²) in [5.41, 5.74) is 4.49.